The average Bonchev–Trinajstić information content (AvgIpc) is 2.83. The minimum atomic E-state index is -0.297. The van der Waals surface area contributed by atoms with Gasteiger partial charge in [-0.3, -0.25) is 25.1 Å². The molecule has 0 aromatic heterocycles. The monoisotopic (exact) mass is 451 g/mol. The van der Waals surface area contributed by atoms with E-state index >= 15 is 0 Å². The predicted octanol–water partition coefficient (Wildman–Crippen LogP) is 1.39. The van der Waals surface area contributed by atoms with Crippen LogP contribution >= 0.6 is 0 Å². The Hall–Kier alpha value is -3.23. The zero-order valence-electron chi connectivity index (χ0n) is 19.2. The lowest BCUT2D eigenvalue weighted by atomic mass is 10.1. The van der Waals surface area contributed by atoms with Crippen LogP contribution in [0.1, 0.15) is 24.0 Å². The summed E-state index contributed by atoms with van der Waals surface area (Å²) in [6.07, 6.45) is 3.12. The molecular weight excluding hydrogens is 418 g/mol. The number of unbranched alkanes of at least 4 members (excludes halogenated alkanes) is 1. The molecule has 1 atom stereocenters. The summed E-state index contributed by atoms with van der Waals surface area (Å²) in [5, 5.41) is 4.85. The number of hydrogen-bond acceptors (Lipinski definition) is 5. The molecule has 1 aliphatic rings. The SMILES string of the molecule is CN(CC(=O)N1CC(=O)N(CCCCc2ccccc2)CC1NCc1ccccc1)NC=O. The fourth-order valence-corrected chi connectivity index (χ4v) is 3.96. The van der Waals surface area contributed by atoms with Crippen molar-refractivity contribution in [3.8, 4) is 0 Å². The first-order valence-corrected chi connectivity index (χ1v) is 11.4. The molecule has 1 saturated heterocycles. The van der Waals surface area contributed by atoms with Gasteiger partial charge in [-0.25, -0.2) is 5.01 Å². The molecule has 33 heavy (non-hydrogen) atoms. The molecule has 0 spiro atoms. The van der Waals surface area contributed by atoms with Crippen molar-refractivity contribution in [2.45, 2.75) is 32.0 Å². The maximum Gasteiger partial charge on any atom is 0.242 e. The number of amides is 3. The summed E-state index contributed by atoms with van der Waals surface area (Å²) in [6, 6.07) is 20.3. The van der Waals surface area contributed by atoms with E-state index in [0.29, 0.717) is 26.0 Å². The van der Waals surface area contributed by atoms with Crippen molar-refractivity contribution in [1.29, 1.82) is 0 Å². The minimum absolute atomic E-state index is 0.00733. The first kappa shape index (κ1) is 24.4. The first-order chi connectivity index (χ1) is 16.1. The molecule has 1 aliphatic heterocycles. The number of likely N-dealkylation sites (N-methyl/N-ethyl adjacent to an activating group) is 1. The van der Waals surface area contributed by atoms with Crippen LogP contribution in [0, 0.1) is 0 Å². The van der Waals surface area contributed by atoms with Gasteiger partial charge in [-0.15, -0.1) is 0 Å². The lowest BCUT2D eigenvalue weighted by Crippen LogP contribution is -2.64. The number of carbonyl (C=O) groups is 3. The zero-order valence-corrected chi connectivity index (χ0v) is 19.2. The molecule has 0 aliphatic carbocycles. The highest BCUT2D eigenvalue weighted by molar-refractivity contribution is 5.87. The molecule has 0 saturated carbocycles. The summed E-state index contributed by atoms with van der Waals surface area (Å²) < 4.78 is 0. The third-order valence-electron chi connectivity index (χ3n) is 5.76. The molecule has 2 aromatic rings. The number of nitrogens with zero attached hydrogens (tertiary/aromatic N) is 3. The van der Waals surface area contributed by atoms with E-state index in [1.54, 1.807) is 11.9 Å². The first-order valence-electron chi connectivity index (χ1n) is 11.4. The van der Waals surface area contributed by atoms with Crippen LogP contribution < -0.4 is 10.7 Å². The number of benzene rings is 2. The second-order valence-corrected chi connectivity index (χ2v) is 8.29. The number of piperazine rings is 1. The van der Waals surface area contributed by atoms with Crippen LogP contribution in [0.3, 0.4) is 0 Å². The molecule has 2 aromatic carbocycles. The van der Waals surface area contributed by atoms with Crippen LogP contribution in [0.2, 0.25) is 0 Å². The van der Waals surface area contributed by atoms with E-state index in [4.69, 9.17) is 0 Å². The topological polar surface area (TPSA) is 85.0 Å². The summed E-state index contributed by atoms with van der Waals surface area (Å²) in [7, 11) is 1.61. The Morgan fingerprint density at radius 1 is 1.06 bits per heavy atom. The Morgan fingerprint density at radius 3 is 2.39 bits per heavy atom. The van der Waals surface area contributed by atoms with Gasteiger partial charge in [-0.1, -0.05) is 60.7 Å². The van der Waals surface area contributed by atoms with Gasteiger partial charge in [0.25, 0.3) is 0 Å². The number of hydrogen-bond donors (Lipinski definition) is 2. The van der Waals surface area contributed by atoms with E-state index in [0.717, 1.165) is 24.8 Å². The van der Waals surface area contributed by atoms with Gasteiger partial charge < -0.3 is 9.80 Å². The quantitative estimate of drug-likeness (QED) is 0.289. The van der Waals surface area contributed by atoms with E-state index < -0.39 is 0 Å². The van der Waals surface area contributed by atoms with Crippen molar-refractivity contribution in [2.24, 2.45) is 0 Å². The largest absolute Gasteiger partial charge is 0.338 e. The highest BCUT2D eigenvalue weighted by atomic mass is 16.2. The molecule has 1 fully saturated rings. The Bertz CT molecular complexity index is 893. The molecule has 8 heteroatoms. The van der Waals surface area contributed by atoms with Crippen molar-refractivity contribution in [3.63, 3.8) is 0 Å². The number of nitrogens with one attached hydrogen (secondary N) is 2. The van der Waals surface area contributed by atoms with Crippen molar-refractivity contribution in [1.82, 2.24) is 25.6 Å². The molecule has 2 N–H and O–H groups in total. The molecule has 3 rings (SSSR count). The summed E-state index contributed by atoms with van der Waals surface area (Å²) >= 11 is 0. The van der Waals surface area contributed by atoms with Crippen LogP contribution in [-0.4, -0.2) is 72.4 Å². The fourth-order valence-electron chi connectivity index (χ4n) is 3.96. The van der Waals surface area contributed by atoms with Crippen LogP contribution in [-0.2, 0) is 27.3 Å². The van der Waals surface area contributed by atoms with E-state index in [1.807, 2.05) is 53.4 Å². The zero-order chi connectivity index (χ0) is 23.5. The highest BCUT2D eigenvalue weighted by Crippen LogP contribution is 2.13. The van der Waals surface area contributed by atoms with Gasteiger partial charge in [0, 0.05) is 20.1 Å². The van der Waals surface area contributed by atoms with Crippen molar-refractivity contribution in [3.05, 3.63) is 71.8 Å². The number of aryl methyl sites for hydroxylation is 1. The molecule has 0 radical (unpaired) electrons. The van der Waals surface area contributed by atoms with Gasteiger partial charge in [0.05, 0.1) is 13.1 Å². The summed E-state index contributed by atoms with van der Waals surface area (Å²) in [4.78, 5) is 39.8. The molecule has 1 heterocycles. The number of carbonyl (C=O) groups excluding carboxylic acids is 3. The second-order valence-electron chi connectivity index (χ2n) is 8.29. The Balaban J connectivity index is 1.58. The smallest absolute Gasteiger partial charge is 0.242 e. The molecule has 176 valence electrons. The fraction of sp³-hybridized carbons (Fsp3) is 0.400. The molecular formula is C25H33N5O3. The molecule has 3 amide bonds. The van der Waals surface area contributed by atoms with Crippen molar-refractivity contribution < 1.29 is 14.4 Å². The standard InChI is InChI=1S/C25H33N5O3/c1-28(27-20-31)18-25(33)30-19-24(32)29(15-9-8-12-21-10-4-2-5-11-21)17-23(30)26-16-22-13-6-3-7-14-22/h2-7,10-11,13-14,20,23,26H,8-9,12,15-19H2,1H3,(H,27,31). The van der Waals surface area contributed by atoms with Gasteiger partial charge in [-0.05, 0) is 30.4 Å². The van der Waals surface area contributed by atoms with E-state index in [-0.39, 0.29) is 31.1 Å². The van der Waals surface area contributed by atoms with Crippen molar-refractivity contribution >= 4 is 18.2 Å². The average molecular weight is 452 g/mol. The van der Waals surface area contributed by atoms with Gasteiger partial charge in [0.1, 0.15) is 12.7 Å². The Morgan fingerprint density at radius 2 is 1.73 bits per heavy atom. The second kappa shape index (κ2) is 12.7. The maximum absolute atomic E-state index is 12.9. The predicted molar refractivity (Wildman–Crippen MR) is 127 cm³/mol. The summed E-state index contributed by atoms with van der Waals surface area (Å²) in [5.41, 5.74) is 4.85. The van der Waals surface area contributed by atoms with Crippen molar-refractivity contribution in [2.75, 3.05) is 33.2 Å². The summed E-state index contributed by atoms with van der Waals surface area (Å²) in [5.74, 6) is -0.263. The van der Waals surface area contributed by atoms with Crippen LogP contribution in [0.4, 0.5) is 0 Å². The lowest BCUT2D eigenvalue weighted by Gasteiger charge is -2.42. The molecule has 8 nitrogen and oxygen atoms in total. The minimum Gasteiger partial charge on any atom is -0.338 e. The van der Waals surface area contributed by atoms with Gasteiger partial charge >= 0.3 is 0 Å². The normalized spacial score (nSPS) is 16.2. The Labute approximate surface area is 195 Å². The number of hydrazine groups is 1. The maximum atomic E-state index is 12.9. The van der Waals surface area contributed by atoms with E-state index in [2.05, 4.69) is 22.9 Å². The third kappa shape index (κ3) is 7.69. The lowest BCUT2D eigenvalue weighted by molar-refractivity contribution is -0.151. The third-order valence-corrected chi connectivity index (χ3v) is 5.76. The van der Waals surface area contributed by atoms with Crippen LogP contribution in [0.5, 0.6) is 0 Å². The van der Waals surface area contributed by atoms with Crippen LogP contribution in [0.25, 0.3) is 0 Å². The van der Waals surface area contributed by atoms with Gasteiger partial charge in [0.15, 0.2) is 0 Å². The molecule has 1 unspecified atom stereocenters. The van der Waals surface area contributed by atoms with E-state index in [1.165, 1.54) is 10.6 Å². The number of rotatable bonds is 12. The highest BCUT2D eigenvalue weighted by Gasteiger charge is 2.34. The molecule has 0 bridgehead atoms. The summed E-state index contributed by atoms with van der Waals surface area (Å²) in [6.45, 7) is 1.72. The Kier molecular flexibility index (Phi) is 9.41. The van der Waals surface area contributed by atoms with Crippen LogP contribution in [0.15, 0.2) is 60.7 Å². The van der Waals surface area contributed by atoms with E-state index in [9.17, 15) is 14.4 Å². The van der Waals surface area contributed by atoms with Gasteiger partial charge in [-0.2, -0.15) is 0 Å². The van der Waals surface area contributed by atoms with Gasteiger partial charge in [0.2, 0.25) is 18.2 Å².